The van der Waals surface area contributed by atoms with Gasteiger partial charge in [0, 0.05) is 5.56 Å². The number of hydrogen-bond acceptors (Lipinski definition) is 5. The van der Waals surface area contributed by atoms with Gasteiger partial charge in [0.1, 0.15) is 11.6 Å². The molecule has 0 heterocycles. The Morgan fingerprint density at radius 2 is 1.88 bits per heavy atom. The standard InChI is InChI=1S/C26H22FNO4/c1-3-18-7-6-8-21(14-18)31-17-26(29)32-24-12-11-19(15-25(24)30-2)13-20(16-28)22-9-4-5-10-23(22)27/h4-15H,3,17H2,1-2H3/b20-13-. The van der Waals surface area contributed by atoms with Gasteiger partial charge in [-0.05, 0) is 54.0 Å². The van der Waals surface area contributed by atoms with E-state index >= 15 is 0 Å². The van der Waals surface area contributed by atoms with Crippen LogP contribution in [0.4, 0.5) is 4.39 Å². The molecule has 0 fully saturated rings. The Hall–Kier alpha value is -4.11. The molecule has 0 aliphatic rings. The summed E-state index contributed by atoms with van der Waals surface area (Å²) in [6.07, 6.45) is 2.40. The van der Waals surface area contributed by atoms with Crippen molar-refractivity contribution in [3.63, 3.8) is 0 Å². The van der Waals surface area contributed by atoms with Crippen molar-refractivity contribution >= 4 is 17.6 Å². The number of methoxy groups -OCH3 is 1. The van der Waals surface area contributed by atoms with E-state index in [4.69, 9.17) is 14.2 Å². The molecule has 0 bridgehead atoms. The summed E-state index contributed by atoms with van der Waals surface area (Å²) in [4.78, 5) is 12.2. The van der Waals surface area contributed by atoms with Gasteiger partial charge in [-0.3, -0.25) is 0 Å². The van der Waals surface area contributed by atoms with Crippen LogP contribution in [-0.2, 0) is 11.2 Å². The first-order valence-electron chi connectivity index (χ1n) is 10.0. The van der Waals surface area contributed by atoms with Crippen LogP contribution in [0.25, 0.3) is 11.6 Å². The predicted molar refractivity (Wildman–Crippen MR) is 120 cm³/mol. The van der Waals surface area contributed by atoms with E-state index in [1.54, 1.807) is 36.4 Å². The summed E-state index contributed by atoms with van der Waals surface area (Å²) < 4.78 is 30.2. The monoisotopic (exact) mass is 431 g/mol. The van der Waals surface area contributed by atoms with Gasteiger partial charge in [0.05, 0.1) is 18.8 Å². The Labute approximate surface area is 186 Å². The zero-order valence-corrected chi connectivity index (χ0v) is 17.8. The number of rotatable bonds is 8. The fourth-order valence-electron chi connectivity index (χ4n) is 3.02. The molecule has 32 heavy (non-hydrogen) atoms. The maximum atomic E-state index is 14.0. The Morgan fingerprint density at radius 3 is 2.59 bits per heavy atom. The largest absolute Gasteiger partial charge is 0.493 e. The maximum Gasteiger partial charge on any atom is 0.349 e. The second-order valence-electron chi connectivity index (χ2n) is 6.82. The van der Waals surface area contributed by atoms with E-state index in [0.717, 1.165) is 12.0 Å². The van der Waals surface area contributed by atoms with Gasteiger partial charge in [-0.1, -0.05) is 43.3 Å². The summed E-state index contributed by atoms with van der Waals surface area (Å²) in [5, 5.41) is 9.45. The third-order valence-corrected chi connectivity index (χ3v) is 4.67. The SMILES string of the molecule is CCc1cccc(OCC(=O)Oc2ccc(/C=C(/C#N)c3ccccc3F)cc2OC)c1. The van der Waals surface area contributed by atoms with E-state index in [-0.39, 0.29) is 23.5 Å². The third-order valence-electron chi connectivity index (χ3n) is 4.67. The van der Waals surface area contributed by atoms with Crippen LogP contribution in [0.5, 0.6) is 17.2 Å². The molecule has 0 aliphatic carbocycles. The lowest BCUT2D eigenvalue weighted by Crippen LogP contribution is -2.18. The maximum absolute atomic E-state index is 14.0. The van der Waals surface area contributed by atoms with Crippen LogP contribution in [0.15, 0.2) is 66.7 Å². The molecular weight excluding hydrogens is 409 g/mol. The number of halogens is 1. The fraction of sp³-hybridized carbons (Fsp3) is 0.154. The van der Waals surface area contributed by atoms with Gasteiger partial charge < -0.3 is 14.2 Å². The number of aryl methyl sites for hydroxylation is 1. The Balaban J connectivity index is 1.73. The molecule has 0 atom stereocenters. The van der Waals surface area contributed by atoms with Crippen molar-refractivity contribution in [3.8, 4) is 23.3 Å². The van der Waals surface area contributed by atoms with Crippen LogP contribution in [0, 0.1) is 17.1 Å². The van der Waals surface area contributed by atoms with Crippen LogP contribution in [-0.4, -0.2) is 19.7 Å². The number of carbonyl (C=O) groups is 1. The fourth-order valence-corrected chi connectivity index (χ4v) is 3.02. The quantitative estimate of drug-likeness (QED) is 0.205. The molecule has 3 aromatic carbocycles. The van der Waals surface area contributed by atoms with E-state index in [1.807, 2.05) is 31.2 Å². The topological polar surface area (TPSA) is 68.5 Å². The molecule has 0 saturated carbocycles. The van der Waals surface area contributed by atoms with Gasteiger partial charge in [-0.2, -0.15) is 5.26 Å². The van der Waals surface area contributed by atoms with Crippen LogP contribution in [0.1, 0.15) is 23.6 Å². The molecule has 162 valence electrons. The number of carbonyl (C=O) groups excluding carboxylic acids is 1. The van der Waals surface area contributed by atoms with Gasteiger partial charge in [-0.15, -0.1) is 0 Å². The van der Waals surface area contributed by atoms with Crippen LogP contribution in [0.2, 0.25) is 0 Å². The molecule has 0 unspecified atom stereocenters. The van der Waals surface area contributed by atoms with Crippen molar-refractivity contribution in [1.29, 1.82) is 5.26 Å². The molecule has 0 amide bonds. The Morgan fingerprint density at radius 1 is 1.06 bits per heavy atom. The van der Waals surface area contributed by atoms with Crippen LogP contribution in [0.3, 0.4) is 0 Å². The smallest absolute Gasteiger partial charge is 0.349 e. The van der Waals surface area contributed by atoms with Gasteiger partial charge >= 0.3 is 5.97 Å². The first-order valence-corrected chi connectivity index (χ1v) is 10.0. The van der Waals surface area contributed by atoms with E-state index in [9.17, 15) is 14.4 Å². The van der Waals surface area contributed by atoms with E-state index < -0.39 is 11.8 Å². The summed E-state index contributed by atoms with van der Waals surface area (Å²) in [5.74, 6) is 0.0293. The minimum absolute atomic E-state index is 0.164. The summed E-state index contributed by atoms with van der Waals surface area (Å²) in [6.45, 7) is 1.78. The minimum Gasteiger partial charge on any atom is -0.493 e. The van der Waals surface area contributed by atoms with Gasteiger partial charge in [0.15, 0.2) is 18.1 Å². The second kappa shape index (κ2) is 10.8. The van der Waals surface area contributed by atoms with Gasteiger partial charge in [0.2, 0.25) is 0 Å². The van der Waals surface area contributed by atoms with Crippen molar-refractivity contribution in [2.24, 2.45) is 0 Å². The predicted octanol–water partition coefficient (Wildman–Crippen LogP) is 5.45. The first kappa shape index (κ1) is 22.6. The number of hydrogen-bond donors (Lipinski definition) is 0. The highest BCUT2D eigenvalue weighted by molar-refractivity contribution is 5.90. The van der Waals surface area contributed by atoms with Crippen LogP contribution < -0.4 is 14.2 Å². The second-order valence-corrected chi connectivity index (χ2v) is 6.82. The molecule has 0 spiro atoms. The highest BCUT2D eigenvalue weighted by Gasteiger charge is 2.13. The Bertz CT molecular complexity index is 1180. The van der Waals surface area contributed by atoms with E-state index in [0.29, 0.717) is 17.1 Å². The number of allylic oxidation sites excluding steroid dienone is 1. The van der Waals surface area contributed by atoms with E-state index in [1.165, 1.54) is 25.3 Å². The summed E-state index contributed by atoms with van der Waals surface area (Å²) in [6, 6.07) is 20.4. The lowest BCUT2D eigenvalue weighted by atomic mass is 10.0. The summed E-state index contributed by atoms with van der Waals surface area (Å²) in [5.41, 5.74) is 2.06. The normalized spacial score (nSPS) is 10.9. The summed E-state index contributed by atoms with van der Waals surface area (Å²) in [7, 11) is 1.44. The van der Waals surface area contributed by atoms with Crippen molar-refractivity contribution < 1.29 is 23.4 Å². The van der Waals surface area contributed by atoms with Crippen molar-refractivity contribution in [1.82, 2.24) is 0 Å². The number of benzene rings is 3. The zero-order chi connectivity index (χ0) is 22.9. The number of ether oxygens (including phenoxy) is 3. The molecule has 0 radical (unpaired) electrons. The van der Waals surface area contributed by atoms with Crippen molar-refractivity contribution in [2.75, 3.05) is 13.7 Å². The molecule has 3 aromatic rings. The first-order chi connectivity index (χ1) is 15.5. The third kappa shape index (κ3) is 5.73. The molecular formula is C26H22FNO4. The van der Waals surface area contributed by atoms with Crippen molar-refractivity contribution in [3.05, 3.63) is 89.2 Å². The lowest BCUT2D eigenvalue weighted by Gasteiger charge is -2.11. The van der Waals surface area contributed by atoms with E-state index in [2.05, 4.69) is 0 Å². The van der Waals surface area contributed by atoms with Crippen molar-refractivity contribution in [2.45, 2.75) is 13.3 Å². The highest BCUT2D eigenvalue weighted by Crippen LogP contribution is 2.30. The minimum atomic E-state index is -0.586. The summed E-state index contributed by atoms with van der Waals surface area (Å²) >= 11 is 0. The molecule has 0 aromatic heterocycles. The molecule has 0 aliphatic heterocycles. The highest BCUT2D eigenvalue weighted by atomic mass is 19.1. The molecule has 6 heteroatoms. The Kier molecular flexibility index (Phi) is 7.60. The molecule has 3 rings (SSSR count). The number of esters is 1. The average molecular weight is 431 g/mol. The molecule has 0 saturated heterocycles. The van der Waals surface area contributed by atoms with Gasteiger partial charge in [0.25, 0.3) is 0 Å². The van der Waals surface area contributed by atoms with Gasteiger partial charge in [-0.25, -0.2) is 9.18 Å². The molecule has 0 N–H and O–H groups in total. The number of nitriles is 1. The number of nitrogens with zero attached hydrogens (tertiary/aromatic N) is 1. The molecule has 5 nitrogen and oxygen atoms in total. The lowest BCUT2D eigenvalue weighted by molar-refractivity contribution is -0.136. The average Bonchev–Trinajstić information content (AvgIpc) is 2.82. The van der Waals surface area contributed by atoms with Crippen LogP contribution >= 0.6 is 0 Å². The zero-order valence-electron chi connectivity index (χ0n) is 17.8.